The molecule has 10 nitrogen and oxygen atoms in total. The molecule has 0 aliphatic rings. The van der Waals surface area contributed by atoms with Crippen LogP contribution in [0.3, 0.4) is 0 Å². The first kappa shape index (κ1) is 29.6. The molecule has 0 aliphatic carbocycles. The Kier molecular flexibility index (Phi) is 9.26. The number of fused-ring (bicyclic) bond motifs is 1. The highest BCUT2D eigenvalue weighted by Gasteiger charge is 2.20. The lowest BCUT2D eigenvalue weighted by Crippen LogP contribution is -2.40. The zero-order valence-electron chi connectivity index (χ0n) is 22.9. The van der Waals surface area contributed by atoms with Crippen molar-refractivity contribution in [3.05, 3.63) is 87.7 Å². The monoisotopic (exact) mass is 594 g/mol. The van der Waals surface area contributed by atoms with Crippen LogP contribution in [0.25, 0.3) is 10.9 Å². The Balaban J connectivity index is 1.41. The van der Waals surface area contributed by atoms with Crippen molar-refractivity contribution in [1.82, 2.24) is 20.2 Å². The maximum atomic E-state index is 12.9. The van der Waals surface area contributed by atoms with Crippen LogP contribution in [0.5, 0.6) is 5.75 Å². The third-order valence-electron chi connectivity index (χ3n) is 6.11. The van der Waals surface area contributed by atoms with Crippen molar-refractivity contribution in [3.63, 3.8) is 0 Å². The van der Waals surface area contributed by atoms with E-state index in [0.29, 0.717) is 22.0 Å². The molecule has 4 aromatic rings. The highest BCUT2D eigenvalue weighted by atomic mass is 35.5. The van der Waals surface area contributed by atoms with Crippen LogP contribution in [0.15, 0.2) is 60.7 Å². The molecule has 212 valence electrons. The lowest BCUT2D eigenvalue weighted by atomic mass is 10.1. The second-order valence-corrected chi connectivity index (χ2v) is 10.1. The van der Waals surface area contributed by atoms with Crippen LogP contribution < -0.4 is 20.3 Å². The molecule has 0 spiro atoms. The number of carbonyl (C=O) groups excluding carboxylic acids is 3. The van der Waals surface area contributed by atoms with Crippen LogP contribution >= 0.6 is 23.2 Å². The van der Waals surface area contributed by atoms with Crippen LogP contribution in [-0.2, 0) is 11.4 Å². The number of hydrogen-bond donors (Lipinski definition) is 2. The standard InChI is InChI=1S/C29H28Cl2N6O4/c1-17-11-12-18-7-5-9-23(27(18)33-17)41-16-19-20(30)13-14-22(26(19)31)37(4)25(38)15-32-29(40)35-24-10-6-8-21(34-24)28(39)36(2)3/h5-14H,15-16H2,1-4H3,(H2,32,34,35,40). The SMILES string of the molecule is Cc1ccc2cccc(OCc3c(Cl)ccc(N(C)C(=O)CNC(=O)Nc4cccc(C(=O)N(C)C)n4)c3Cl)c2n1. The summed E-state index contributed by atoms with van der Waals surface area (Å²) >= 11 is 13.1. The second-order valence-electron chi connectivity index (χ2n) is 9.30. The number of urea groups is 1. The Morgan fingerprint density at radius 2 is 1.68 bits per heavy atom. The Bertz CT molecular complexity index is 1630. The van der Waals surface area contributed by atoms with Gasteiger partial charge in [0.2, 0.25) is 5.91 Å². The van der Waals surface area contributed by atoms with E-state index in [2.05, 4.69) is 20.6 Å². The van der Waals surface area contributed by atoms with Crippen LogP contribution in [0.1, 0.15) is 21.7 Å². The van der Waals surface area contributed by atoms with E-state index in [1.807, 2.05) is 37.3 Å². The van der Waals surface area contributed by atoms with E-state index in [4.69, 9.17) is 27.9 Å². The van der Waals surface area contributed by atoms with E-state index in [0.717, 1.165) is 16.6 Å². The number of carbonyl (C=O) groups is 3. The van der Waals surface area contributed by atoms with Crippen molar-refractivity contribution in [2.75, 3.05) is 37.9 Å². The molecule has 12 heteroatoms. The summed E-state index contributed by atoms with van der Waals surface area (Å²) in [6.45, 7) is 1.62. The summed E-state index contributed by atoms with van der Waals surface area (Å²) in [5.74, 6) is 0.00116. The van der Waals surface area contributed by atoms with E-state index >= 15 is 0 Å². The fraction of sp³-hybridized carbons (Fsp3) is 0.207. The Morgan fingerprint density at radius 3 is 2.44 bits per heavy atom. The number of halogens is 2. The van der Waals surface area contributed by atoms with E-state index in [9.17, 15) is 14.4 Å². The quantitative estimate of drug-likeness (QED) is 0.285. The lowest BCUT2D eigenvalue weighted by Gasteiger charge is -2.21. The molecule has 2 aromatic carbocycles. The molecule has 2 heterocycles. The number of nitrogens with one attached hydrogen (secondary N) is 2. The van der Waals surface area contributed by atoms with Gasteiger partial charge in [0.25, 0.3) is 5.91 Å². The molecule has 2 aromatic heterocycles. The van der Waals surface area contributed by atoms with Crippen molar-refractivity contribution in [2.45, 2.75) is 13.5 Å². The summed E-state index contributed by atoms with van der Waals surface area (Å²) < 4.78 is 6.06. The molecule has 41 heavy (non-hydrogen) atoms. The molecular formula is C29H28Cl2N6O4. The van der Waals surface area contributed by atoms with E-state index < -0.39 is 11.9 Å². The van der Waals surface area contributed by atoms with Crippen LogP contribution in [0.4, 0.5) is 16.3 Å². The second kappa shape index (κ2) is 12.8. The number of pyridine rings is 2. The predicted molar refractivity (Wildman–Crippen MR) is 160 cm³/mol. The van der Waals surface area contributed by atoms with Gasteiger partial charge in [-0.2, -0.15) is 0 Å². The molecule has 2 N–H and O–H groups in total. The Morgan fingerprint density at radius 1 is 0.927 bits per heavy atom. The van der Waals surface area contributed by atoms with E-state index in [-0.39, 0.29) is 35.6 Å². The summed E-state index contributed by atoms with van der Waals surface area (Å²) in [5.41, 5.74) is 2.65. The topological polar surface area (TPSA) is 117 Å². The number of amides is 4. The predicted octanol–water partition coefficient (Wildman–Crippen LogP) is 5.31. The number of hydrogen-bond acceptors (Lipinski definition) is 6. The Labute approximate surface area is 247 Å². The van der Waals surface area contributed by atoms with Gasteiger partial charge in [0.05, 0.1) is 17.3 Å². The maximum absolute atomic E-state index is 12.9. The summed E-state index contributed by atoms with van der Waals surface area (Å²) in [7, 11) is 4.74. The Hall–Kier alpha value is -4.41. The average Bonchev–Trinajstić information content (AvgIpc) is 2.95. The number of likely N-dealkylation sites (N-methyl/N-ethyl adjacent to an activating group) is 1. The molecule has 0 unspecified atom stereocenters. The normalized spacial score (nSPS) is 10.7. The minimum absolute atomic E-state index is 0.0469. The molecule has 4 amide bonds. The fourth-order valence-corrected chi connectivity index (χ4v) is 4.49. The van der Waals surface area contributed by atoms with Crippen LogP contribution in [0.2, 0.25) is 10.0 Å². The number of anilines is 2. The van der Waals surface area contributed by atoms with Crippen molar-refractivity contribution in [3.8, 4) is 5.75 Å². The van der Waals surface area contributed by atoms with Crippen molar-refractivity contribution >= 4 is 63.5 Å². The zero-order chi connectivity index (χ0) is 29.7. The number of aromatic nitrogens is 2. The molecule has 0 aliphatic heterocycles. The van der Waals surface area contributed by atoms with Crippen LogP contribution in [-0.4, -0.2) is 60.4 Å². The van der Waals surface area contributed by atoms with Gasteiger partial charge in [-0.15, -0.1) is 0 Å². The van der Waals surface area contributed by atoms with Gasteiger partial charge >= 0.3 is 6.03 Å². The van der Waals surface area contributed by atoms with Gasteiger partial charge in [-0.05, 0) is 43.3 Å². The molecule has 0 fully saturated rings. The number of ether oxygens (including phenoxy) is 1. The smallest absolute Gasteiger partial charge is 0.320 e. The highest BCUT2D eigenvalue weighted by molar-refractivity contribution is 6.38. The first-order chi connectivity index (χ1) is 19.5. The number of para-hydroxylation sites is 1. The van der Waals surface area contributed by atoms with Gasteiger partial charge in [-0.1, -0.05) is 47.5 Å². The lowest BCUT2D eigenvalue weighted by molar-refractivity contribution is -0.117. The molecule has 4 rings (SSSR count). The summed E-state index contributed by atoms with van der Waals surface area (Å²) in [4.78, 5) is 48.8. The van der Waals surface area contributed by atoms with Gasteiger partial charge in [-0.25, -0.2) is 14.8 Å². The number of nitrogens with zero attached hydrogens (tertiary/aromatic N) is 4. The summed E-state index contributed by atoms with van der Waals surface area (Å²) in [6, 6.07) is 16.8. The minimum atomic E-state index is -0.663. The molecule has 0 radical (unpaired) electrons. The third-order valence-corrected chi connectivity index (χ3v) is 6.89. The largest absolute Gasteiger partial charge is 0.487 e. The maximum Gasteiger partial charge on any atom is 0.320 e. The number of benzene rings is 2. The first-order valence-corrected chi connectivity index (χ1v) is 13.3. The van der Waals surface area contributed by atoms with Gasteiger partial charge in [0.15, 0.2) is 0 Å². The zero-order valence-corrected chi connectivity index (χ0v) is 24.4. The van der Waals surface area contributed by atoms with E-state index in [1.165, 1.54) is 22.9 Å². The highest BCUT2D eigenvalue weighted by Crippen LogP contribution is 2.35. The van der Waals surface area contributed by atoms with E-state index in [1.54, 1.807) is 38.4 Å². The van der Waals surface area contributed by atoms with Crippen molar-refractivity contribution in [2.24, 2.45) is 0 Å². The van der Waals surface area contributed by atoms with Gasteiger partial charge < -0.3 is 19.9 Å². The fourth-order valence-electron chi connectivity index (χ4n) is 3.88. The molecule has 0 atom stereocenters. The molecule has 0 bridgehead atoms. The number of aryl methyl sites for hydroxylation is 1. The molecule has 0 saturated heterocycles. The average molecular weight is 595 g/mol. The van der Waals surface area contributed by atoms with Crippen LogP contribution in [0, 0.1) is 6.92 Å². The minimum Gasteiger partial charge on any atom is -0.487 e. The third kappa shape index (κ3) is 7.03. The van der Waals surface area contributed by atoms with Crippen molar-refractivity contribution in [1.29, 1.82) is 0 Å². The number of rotatable bonds is 8. The molecule has 0 saturated carbocycles. The van der Waals surface area contributed by atoms with Gasteiger partial charge in [-0.3, -0.25) is 14.9 Å². The summed E-state index contributed by atoms with van der Waals surface area (Å²) in [6.07, 6.45) is 0. The first-order valence-electron chi connectivity index (χ1n) is 12.5. The van der Waals surface area contributed by atoms with Gasteiger partial charge in [0, 0.05) is 42.8 Å². The van der Waals surface area contributed by atoms with Crippen molar-refractivity contribution < 1.29 is 19.1 Å². The molecular weight excluding hydrogens is 567 g/mol. The van der Waals surface area contributed by atoms with Gasteiger partial charge in [0.1, 0.15) is 29.4 Å². The summed E-state index contributed by atoms with van der Waals surface area (Å²) in [5, 5.41) is 6.57.